The molecule has 0 amide bonds. The molecule has 0 aliphatic heterocycles. The van der Waals surface area contributed by atoms with Crippen molar-refractivity contribution in [2.45, 2.75) is 71.5 Å². The van der Waals surface area contributed by atoms with Crippen molar-refractivity contribution in [2.75, 3.05) is 6.61 Å². The van der Waals surface area contributed by atoms with Gasteiger partial charge >= 0.3 is 11.9 Å². The zero-order valence-electron chi connectivity index (χ0n) is 14.3. The monoisotopic (exact) mass is 336 g/mol. The Morgan fingerprint density at radius 2 is 1.48 bits per heavy atom. The Balaban J connectivity index is 0. The third-order valence-electron chi connectivity index (χ3n) is 3.49. The maximum Gasteiger partial charge on any atom is 0.306 e. The van der Waals surface area contributed by atoms with Gasteiger partial charge < -0.3 is 25.5 Å². The van der Waals surface area contributed by atoms with E-state index in [0.717, 1.165) is 12.8 Å². The summed E-state index contributed by atoms with van der Waals surface area (Å²) < 4.78 is 0. The summed E-state index contributed by atoms with van der Waals surface area (Å²) in [4.78, 5) is 21.0. The minimum Gasteiger partial charge on any atom is -0.481 e. The van der Waals surface area contributed by atoms with Crippen LogP contribution in [0.1, 0.15) is 59.3 Å². The number of aliphatic hydroxyl groups excluding tert-OH is 3. The predicted octanol–water partition coefficient (Wildman–Crippen LogP) is 1.49. The second-order valence-electron chi connectivity index (χ2n) is 5.78. The second-order valence-corrected chi connectivity index (χ2v) is 5.78. The molecule has 0 fully saturated rings. The van der Waals surface area contributed by atoms with Gasteiger partial charge in [-0.05, 0) is 32.6 Å². The van der Waals surface area contributed by atoms with E-state index in [0.29, 0.717) is 19.3 Å². The van der Waals surface area contributed by atoms with Crippen LogP contribution in [0.4, 0.5) is 0 Å². The van der Waals surface area contributed by atoms with Gasteiger partial charge in [0.15, 0.2) is 0 Å². The Hall–Kier alpha value is -1.18. The molecule has 23 heavy (non-hydrogen) atoms. The quantitative estimate of drug-likeness (QED) is 0.385. The van der Waals surface area contributed by atoms with Crippen LogP contribution in [-0.4, -0.2) is 56.3 Å². The molecule has 0 heterocycles. The first-order valence-electron chi connectivity index (χ1n) is 8.11. The summed E-state index contributed by atoms with van der Waals surface area (Å²) >= 11 is 0. The summed E-state index contributed by atoms with van der Waals surface area (Å²) in [6.07, 6.45) is 2.16. The zero-order valence-corrected chi connectivity index (χ0v) is 14.3. The number of rotatable bonds is 11. The highest BCUT2D eigenvalue weighted by molar-refractivity contribution is 5.70. The van der Waals surface area contributed by atoms with Crippen molar-refractivity contribution < 1.29 is 35.1 Å². The Bertz CT molecular complexity index is 318. The molecule has 0 bridgehead atoms. The van der Waals surface area contributed by atoms with E-state index in [1.807, 2.05) is 6.92 Å². The van der Waals surface area contributed by atoms with Crippen LogP contribution in [0, 0.1) is 11.8 Å². The van der Waals surface area contributed by atoms with Gasteiger partial charge in [-0.15, -0.1) is 0 Å². The summed E-state index contributed by atoms with van der Waals surface area (Å²) in [5.74, 6) is -2.62. The topological polar surface area (TPSA) is 135 Å². The van der Waals surface area contributed by atoms with Crippen LogP contribution in [0.5, 0.6) is 0 Å². The van der Waals surface area contributed by atoms with Gasteiger partial charge in [0.1, 0.15) is 0 Å². The van der Waals surface area contributed by atoms with Gasteiger partial charge in [0, 0.05) is 0 Å². The van der Waals surface area contributed by atoms with E-state index < -0.39 is 30.1 Å². The molecule has 0 radical (unpaired) electrons. The number of carboxylic acids is 2. The molecule has 0 aliphatic rings. The summed E-state index contributed by atoms with van der Waals surface area (Å²) in [5.41, 5.74) is 0. The molecule has 7 nitrogen and oxygen atoms in total. The standard InChI is InChI=1S/C9H18O3.C7H14O4/c1-3-4-5-8(9(11)12)6-7(2)10;1-2-5(7(10)11)3-6(9)4-8/h7-8,10H,3-6H2,1-2H3,(H,11,12);5-6,8-9H,2-4H2,1H3,(H,10,11). The van der Waals surface area contributed by atoms with Gasteiger partial charge in [-0.3, -0.25) is 9.59 Å². The molecule has 0 aromatic rings. The van der Waals surface area contributed by atoms with E-state index in [2.05, 4.69) is 0 Å². The van der Waals surface area contributed by atoms with E-state index >= 15 is 0 Å². The molecule has 5 N–H and O–H groups in total. The van der Waals surface area contributed by atoms with E-state index in [4.69, 9.17) is 25.5 Å². The van der Waals surface area contributed by atoms with Crippen LogP contribution in [0.25, 0.3) is 0 Å². The van der Waals surface area contributed by atoms with E-state index in [1.54, 1.807) is 13.8 Å². The van der Waals surface area contributed by atoms with Crippen molar-refractivity contribution in [3.8, 4) is 0 Å². The smallest absolute Gasteiger partial charge is 0.306 e. The third kappa shape index (κ3) is 14.2. The first-order valence-corrected chi connectivity index (χ1v) is 8.11. The molecule has 0 aromatic heterocycles. The largest absolute Gasteiger partial charge is 0.481 e. The van der Waals surface area contributed by atoms with Gasteiger partial charge in [-0.1, -0.05) is 26.7 Å². The lowest BCUT2D eigenvalue weighted by Crippen LogP contribution is -2.22. The lowest BCUT2D eigenvalue weighted by molar-refractivity contribution is -0.144. The van der Waals surface area contributed by atoms with Crippen molar-refractivity contribution in [1.29, 1.82) is 0 Å². The highest BCUT2D eigenvalue weighted by atomic mass is 16.4. The Morgan fingerprint density at radius 3 is 1.78 bits per heavy atom. The maximum atomic E-state index is 10.6. The zero-order chi connectivity index (χ0) is 18.4. The summed E-state index contributed by atoms with van der Waals surface area (Å²) in [6, 6.07) is 0. The average Bonchev–Trinajstić information content (AvgIpc) is 2.48. The number of unbranched alkanes of at least 4 members (excludes halogenated alkanes) is 1. The van der Waals surface area contributed by atoms with E-state index in [1.165, 1.54) is 0 Å². The van der Waals surface area contributed by atoms with E-state index in [9.17, 15) is 9.59 Å². The summed E-state index contributed by atoms with van der Waals surface area (Å²) in [7, 11) is 0. The summed E-state index contributed by atoms with van der Waals surface area (Å²) in [6.45, 7) is 5.02. The van der Waals surface area contributed by atoms with Crippen molar-refractivity contribution >= 4 is 11.9 Å². The molecule has 0 aromatic carbocycles. The van der Waals surface area contributed by atoms with Crippen LogP contribution < -0.4 is 0 Å². The molecule has 4 unspecified atom stereocenters. The molecule has 0 saturated heterocycles. The predicted molar refractivity (Wildman–Crippen MR) is 86.1 cm³/mol. The van der Waals surface area contributed by atoms with Gasteiger partial charge in [0.25, 0.3) is 0 Å². The number of carboxylic acid groups (broad SMARTS) is 2. The number of hydrogen-bond donors (Lipinski definition) is 5. The minimum absolute atomic E-state index is 0.127. The van der Waals surface area contributed by atoms with E-state index in [-0.39, 0.29) is 18.9 Å². The molecular formula is C16H32O7. The number of carbonyl (C=O) groups is 2. The van der Waals surface area contributed by atoms with Gasteiger partial charge in [-0.25, -0.2) is 0 Å². The van der Waals surface area contributed by atoms with Gasteiger partial charge in [0.2, 0.25) is 0 Å². The molecule has 0 saturated carbocycles. The van der Waals surface area contributed by atoms with Crippen LogP contribution in [-0.2, 0) is 9.59 Å². The fourth-order valence-electron chi connectivity index (χ4n) is 2.05. The minimum atomic E-state index is -0.917. The van der Waals surface area contributed by atoms with Gasteiger partial charge in [0.05, 0.1) is 30.7 Å². The summed E-state index contributed by atoms with van der Waals surface area (Å²) in [5, 5.41) is 43.6. The Kier molecular flexibility index (Phi) is 15.1. The van der Waals surface area contributed by atoms with Gasteiger partial charge in [-0.2, -0.15) is 0 Å². The van der Waals surface area contributed by atoms with Crippen molar-refractivity contribution in [3.05, 3.63) is 0 Å². The molecule has 0 aliphatic carbocycles. The molecule has 0 spiro atoms. The van der Waals surface area contributed by atoms with Crippen molar-refractivity contribution in [1.82, 2.24) is 0 Å². The number of hydrogen-bond acceptors (Lipinski definition) is 5. The normalized spacial score (nSPS) is 15.7. The number of aliphatic carboxylic acids is 2. The van der Waals surface area contributed by atoms with Crippen molar-refractivity contribution in [2.24, 2.45) is 11.8 Å². The first-order chi connectivity index (χ1) is 10.7. The fourth-order valence-corrected chi connectivity index (χ4v) is 2.05. The lowest BCUT2D eigenvalue weighted by Gasteiger charge is -2.12. The highest BCUT2D eigenvalue weighted by Crippen LogP contribution is 2.15. The van der Waals surface area contributed by atoms with Crippen LogP contribution in [0.2, 0.25) is 0 Å². The Labute approximate surface area is 138 Å². The average molecular weight is 336 g/mol. The molecule has 138 valence electrons. The molecule has 4 atom stereocenters. The second kappa shape index (κ2) is 14.4. The third-order valence-corrected chi connectivity index (χ3v) is 3.49. The molecular weight excluding hydrogens is 304 g/mol. The van der Waals surface area contributed by atoms with Crippen LogP contribution >= 0.6 is 0 Å². The van der Waals surface area contributed by atoms with Crippen LogP contribution in [0.15, 0.2) is 0 Å². The van der Waals surface area contributed by atoms with Crippen LogP contribution in [0.3, 0.4) is 0 Å². The number of aliphatic hydroxyl groups is 3. The Morgan fingerprint density at radius 1 is 0.957 bits per heavy atom. The molecule has 7 heteroatoms. The molecule has 0 rings (SSSR count). The fraction of sp³-hybridized carbons (Fsp3) is 0.875. The highest BCUT2D eigenvalue weighted by Gasteiger charge is 2.19. The SMILES string of the molecule is CCC(CC(O)CO)C(=O)O.CCCCC(CC(C)O)C(=O)O. The first kappa shape index (κ1) is 24.1. The maximum absolute atomic E-state index is 10.6. The lowest BCUT2D eigenvalue weighted by atomic mass is 9.96. The van der Waals surface area contributed by atoms with Crippen molar-refractivity contribution in [3.63, 3.8) is 0 Å².